The summed E-state index contributed by atoms with van der Waals surface area (Å²) in [5, 5.41) is 27.9. The number of aldehydes is 1. The average molecular weight is 564 g/mol. The first kappa shape index (κ1) is 33.2. The normalized spacial score (nSPS) is 10.6. The number of unbranched alkanes of at least 4 members (excludes halogenated alkanes) is 6. The number of carbonyl (C=O) groups is 1. The fourth-order valence-electron chi connectivity index (χ4n) is 3.73. The molecular weight excluding hydrogens is 522 g/mol. The zero-order valence-electron chi connectivity index (χ0n) is 23.5. The summed E-state index contributed by atoms with van der Waals surface area (Å²) in [5.41, 5.74) is 2.70. The Morgan fingerprint density at radius 3 is 1.37 bits per heavy atom. The first-order valence-electron chi connectivity index (χ1n) is 14.1. The van der Waals surface area contributed by atoms with Crippen LogP contribution in [-0.4, -0.2) is 47.9 Å². The van der Waals surface area contributed by atoms with Crippen molar-refractivity contribution in [1.82, 2.24) is 0 Å². The van der Waals surface area contributed by atoms with E-state index in [-0.39, 0.29) is 18.9 Å². The zero-order valence-corrected chi connectivity index (χ0v) is 23.5. The van der Waals surface area contributed by atoms with Gasteiger partial charge in [0, 0.05) is 30.9 Å². The van der Waals surface area contributed by atoms with E-state index < -0.39 is 4.92 Å². The van der Waals surface area contributed by atoms with E-state index in [0.29, 0.717) is 18.8 Å². The van der Waals surface area contributed by atoms with Crippen LogP contribution in [0.3, 0.4) is 0 Å². The van der Waals surface area contributed by atoms with Crippen LogP contribution in [0.2, 0.25) is 0 Å². The van der Waals surface area contributed by atoms with E-state index in [0.717, 1.165) is 80.3 Å². The van der Waals surface area contributed by atoms with E-state index >= 15 is 0 Å². The number of aliphatic hydroxyl groups is 2. The maximum absolute atomic E-state index is 10.6. The van der Waals surface area contributed by atoms with Crippen LogP contribution in [0, 0.1) is 10.1 Å². The highest BCUT2D eigenvalue weighted by molar-refractivity contribution is 5.74. The number of hydrogen-bond acceptors (Lipinski definition) is 7. The topological polar surface area (TPSA) is 119 Å². The van der Waals surface area contributed by atoms with E-state index in [4.69, 9.17) is 19.7 Å². The van der Waals surface area contributed by atoms with Crippen LogP contribution in [0.1, 0.15) is 72.9 Å². The molecule has 3 aromatic carbocycles. The lowest BCUT2D eigenvalue weighted by Crippen LogP contribution is -1.97. The monoisotopic (exact) mass is 563 g/mol. The fourth-order valence-corrected chi connectivity index (χ4v) is 3.73. The second kappa shape index (κ2) is 20.8. The van der Waals surface area contributed by atoms with Gasteiger partial charge >= 0.3 is 0 Å². The highest BCUT2D eigenvalue weighted by Gasteiger charge is 2.02. The Labute approximate surface area is 242 Å². The van der Waals surface area contributed by atoms with Crippen molar-refractivity contribution in [3.05, 3.63) is 99.6 Å². The number of nitro benzene ring substituents is 1. The number of hydrogen-bond donors (Lipinski definition) is 2. The van der Waals surface area contributed by atoms with Gasteiger partial charge in [0.25, 0.3) is 5.69 Å². The molecule has 220 valence electrons. The molecule has 0 aromatic heterocycles. The summed E-state index contributed by atoms with van der Waals surface area (Å²) >= 11 is 0. The van der Waals surface area contributed by atoms with Gasteiger partial charge in [-0.25, -0.2) is 0 Å². The molecule has 0 aliphatic carbocycles. The summed E-state index contributed by atoms with van der Waals surface area (Å²) < 4.78 is 11.2. The SMILES string of the molecule is O=Cc1ccc(OCCCCCCO)cc1.O=[N+]([O-])c1ccc(C=Cc2ccc(OCCCCCCO)cc2)cc1. The van der Waals surface area contributed by atoms with E-state index in [1.54, 1.807) is 36.4 Å². The van der Waals surface area contributed by atoms with Gasteiger partial charge in [0.15, 0.2) is 0 Å². The Morgan fingerprint density at radius 1 is 0.585 bits per heavy atom. The van der Waals surface area contributed by atoms with E-state index in [1.165, 1.54) is 12.1 Å². The second-order valence-corrected chi connectivity index (χ2v) is 9.41. The summed E-state index contributed by atoms with van der Waals surface area (Å²) in [6, 6.07) is 21.4. The number of ether oxygens (including phenoxy) is 2. The molecule has 0 spiro atoms. The van der Waals surface area contributed by atoms with Crippen LogP contribution in [0.25, 0.3) is 12.2 Å². The number of rotatable bonds is 18. The summed E-state index contributed by atoms with van der Waals surface area (Å²) in [6.07, 6.45) is 12.6. The fraction of sp³-hybridized carbons (Fsp3) is 0.364. The highest BCUT2D eigenvalue weighted by Crippen LogP contribution is 2.17. The van der Waals surface area contributed by atoms with Crippen LogP contribution in [0.4, 0.5) is 5.69 Å². The van der Waals surface area contributed by atoms with Crippen LogP contribution >= 0.6 is 0 Å². The van der Waals surface area contributed by atoms with Gasteiger partial charge in [-0.2, -0.15) is 0 Å². The minimum Gasteiger partial charge on any atom is -0.494 e. The van der Waals surface area contributed by atoms with E-state index in [9.17, 15) is 14.9 Å². The van der Waals surface area contributed by atoms with Crippen molar-refractivity contribution in [3.8, 4) is 11.5 Å². The van der Waals surface area contributed by atoms with Gasteiger partial charge in [0.1, 0.15) is 17.8 Å². The molecule has 0 atom stereocenters. The van der Waals surface area contributed by atoms with Crippen molar-refractivity contribution < 1.29 is 29.4 Å². The first-order chi connectivity index (χ1) is 20.0. The number of nitro groups is 1. The third kappa shape index (κ3) is 14.8. The molecule has 8 nitrogen and oxygen atoms in total. The number of non-ortho nitro benzene ring substituents is 1. The third-order valence-electron chi connectivity index (χ3n) is 6.11. The van der Waals surface area contributed by atoms with Gasteiger partial charge in [-0.15, -0.1) is 0 Å². The molecule has 0 bridgehead atoms. The first-order valence-corrected chi connectivity index (χ1v) is 14.1. The number of nitrogens with zero attached hydrogens (tertiary/aromatic N) is 1. The number of aliphatic hydroxyl groups excluding tert-OH is 2. The van der Waals surface area contributed by atoms with Gasteiger partial charge in [-0.05, 0) is 98.2 Å². The Hall–Kier alpha value is -4.01. The molecule has 0 fully saturated rings. The van der Waals surface area contributed by atoms with Gasteiger partial charge in [-0.1, -0.05) is 37.1 Å². The van der Waals surface area contributed by atoms with Crippen molar-refractivity contribution in [3.63, 3.8) is 0 Å². The molecule has 3 aromatic rings. The largest absolute Gasteiger partial charge is 0.494 e. The summed E-state index contributed by atoms with van der Waals surface area (Å²) in [7, 11) is 0. The van der Waals surface area contributed by atoms with E-state index in [2.05, 4.69) is 0 Å². The smallest absolute Gasteiger partial charge is 0.269 e. The van der Waals surface area contributed by atoms with Crippen molar-refractivity contribution in [2.24, 2.45) is 0 Å². The van der Waals surface area contributed by atoms with Crippen LogP contribution < -0.4 is 9.47 Å². The molecule has 2 N–H and O–H groups in total. The average Bonchev–Trinajstić information content (AvgIpc) is 3.01. The van der Waals surface area contributed by atoms with E-state index in [1.807, 2.05) is 36.4 Å². The Bertz CT molecular complexity index is 1140. The summed E-state index contributed by atoms with van der Waals surface area (Å²) in [5.74, 6) is 1.64. The minimum absolute atomic E-state index is 0.0926. The van der Waals surface area contributed by atoms with Crippen molar-refractivity contribution in [1.29, 1.82) is 0 Å². The van der Waals surface area contributed by atoms with Gasteiger partial charge in [0.2, 0.25) is 0 Å². The Morgan fingerprint density at radius 2 is 0.976 bits per heavy atom. The van der Waals surface area contributed by atoms with Crippen LogP contribution in [0.15, 0.2) is 72.8 Å². The molecule has 0 aliphatic heterocycles. The predicted octanol–water partition coefficient (Wildman–Crippen LogP) is 7.13. The Balaban J connectivity index is 0.000000317. The minimum atomic E-state index is -0.404. The van der Waals surface area contributed by atoms with Gasteiger partial charge in [0.05, 0.1) is 18.1 Å². The molecule has 0 amide bonds. The van der Waals surface area contributed by atoms with Crippen molar-refractivity contribution in [2.45, 2.75) is 51.4 Å². The lowest BCUT2D eigenvalue weighted by molar-refractivity contribution is -0.384. The highest BCUT2D eigenvalue weighted by atomic mass is 16.6. The van der Waals surface area contributed by atoms with Crippen LogP contribution in [0.5, 0.6) is 11.5 Å². The Kier molecular flexibility index (Phi) is 16.9. The molecule has 0 unspecified atom stereocenters. The molecular formula is C33H41NO7. The molecule has 0 radical (unpaired) electrons. The van der Waals surface area contributed by atoms with Gasteiger partial charge in [-0.3, -0.25) is 14.9 Å². The summed E-state index contributed by atoms with van der Waals surface area (Å²) in [6.45, 7) is 1.90. The maximum atomic E-state index is 10.6. The van der Waals surface area contributed by atoms with Crippen molar-refractivity contribution in [2.75, 3.05) is 26.4 Å². The maximum Gasteiger partial charge on any atom is 0.269 e. The quantitative estimate of drug-likeness (QED) is 0.0555. The standard InChI is InChI=1S/C20H23NO4.C13H18O3/c22-15-3-1-2-4-16-25-20-13-9-18(10-14-20)6-5-17-7-11-19(12-8-17)21(23)24;14-9-3-1-2-4-10-16-13-7-5-12(11-15)6-8-13/h5-14,22H,1-4,15-16H2;5-8,11,14H,1-4,9-10H2. The zero-order chi connectivity index (χ0) is 29.5. The van der Waals surface area contributed by atoms with Crippen molar-refractivity contribution >= 4 is 24.1 Å². The number of carbonyl (C=O) groups excluding carboxylic acids is 1. The molecule has 0 saturated heterocycles. The predicted molar refractivity (Wildman–Crippen MR) is 162 cm³/mol. The lowest BCUT2D eigenvalue weighted by atomic mass is 10.1. The molecule has 8 heteroatoms. The molecule has 41 heavy (non-hydrogen) atoms. The number of benzene rings is 3. The van der Waals surface area contributed by atoms with Gasteiger partial charge < -0.3 is 19.7 Å². The molecule has 3 rings (SSSR count). The van der Waals surface area contributed by atoms with Crippen LogP contribution in [-0.2, 0) is 0 Å². The summed E-state index contributed by atoms with van der Waals surface area (Å²) in [4.78, 5) is 20.6. The third-order valence-corrected chi connectivity index (χ3v) is 6.11. The molecule has 0 heterocycles. The molecule has 0 aliphatic rings. The lowest BCUT2D eigenvalue weighted by Gasteiger charge is -2.06. The molecule has 0 saturated carbocycles. The second-order valence-electron chi connectivity index (χ2n) is 9.41.